The van der Waals surface area contributed by atoms with Gasteiger partial charge >= 0.3 is 0 Å². The lowest BCUT2D eigenvalue weighted by Crippen LogP contribution is -2.39. The SMILES string of the molecule is CC(=O)NC1CC(Cl)Oc2ccccc2C1O. The van der Waals surface area contributed by atoms with Crippen LogP contribution >= 0.6 is 11.6 Å². The van der Waals surface area contributed by atoms with E-state index in [1.54, 1.807) is 12.1 Å². The number of halogens is 1. The van der Waals surface area contributed by atoms with E-state index in [9.17, 15) is 9.90 Å². The lowest BCUT2D eigenvalue weighted by Gasteiger charge is -2.21. The van der Waals surface area contributed by atoms with E-state index in [1.807, 2.05) is 12.1 Å². The summed E-state index contributed by atoms with van der Waals surface area (Å²) < 4.78 is 5.49. The summed E-state index contributed by atoms with van der Waals surface area (Å²) in [6.45, 7) is 1.41. The fourth-order valence-corrected chi connectivity index (χ4v) is 2.25. The van der Waals surface area contributed by atoms with Gasteiger partial charge in [0.2, 0.25) is 5.91 Å². The van der Waals surface area contributed by atoms with Crippen molar-refractivity contribution in [2.75, 3.05) is 0 Å². The second-order valence-electron chi connectivity index (χ2n) is 4.05. The van der Waals surface area contributed by atoms with Crippen molar-refractivity contribution < 1.29 is 14.6 Å². The molecular formula is C12H14ClNO3. The van der Waals surface area contributed by atoms with Crippen molar-refractivity contribution in [3.05, 3.63) is 29.8 Å². The Kier molecular flexibility index (Phi) is 3.54. The van der Waals surface area contributed by atoms with Gasteiger partial charge < -0.3 is 15.2 Å². The molecule has 1 heterocycles. The number of hydrogen-bond acceptors (Lipinski definition) is 3. The van der Waals surface area contributed by atoms with Crippen LogP contribution in [0.3, 0.4) is 0 Å². The molecule has 3 unspecified atom stereocenters. The summed E-state index contributed by atoms with van der Waals surface area (Å²) in [7, 11) is 0. The first-order valence-electron chi connectivity index (χ1n) is 5.42. The number of rotatable bonds is 1. The third kappa shape index (κ3) is 2.70. The molecule has 2 N–H and O–H groups in total. The van der Waals surface area contributed by atoms with Crippen molar-refractivity contribution in [3.8, 4) is 5.75 Å². The number of alkyl halides is 1. The molecule has 1 aliphatic heterocycles. The van der Waals surface area contributed by atoms with Crippen LogP contribution in [0.4, 0.5) is 0 Å². The Morgan fingerprint density at radius 2 is 2.24 bits per heavy atom. The van der Waals surface area contributed by atoms with Crippen molar-refractivity contribution in [2.45, 2.75) is 31.1 Å². The van der Waals surface area contributed by atoms with Crippen LogP contribution in [0.5, 0.6) is 5.75 Å². The maximum absolute atomic E-state index is 11.1. The molecule has 0 aromatic heterocycles. The maximum Gasteiger partial charge on any atom is 0.217 e. The van der Waals surface area contributed by atoms with E-state index in [0.29, 0.717) is 17.7 Å². The number of hydrogen-bond donors (Lipinski definition) is 2. The van der Waals surface area contributed by atoms with Crippen molar-refractivity contribution in [1.29, 1.82) is 0 Å². The molecular weight excluding hydrogens is 242 g/mol. The van der Waals surface area contributed by atoms with Crippen molar-refractivity contribution >= 4 is 17.5 Å². The number of amides is 1. The molecule has 0 bridgehead atoms. The highest BCUT2D eigenvalue weighted by Crippen LogP contribution is 2.34. The van der Waals surface area contributed by atoms with Crippen molar-refractivity contribution in [3.63, 3.8) is 0 Å². The first kappa shape index (κ1) is 12.2. The zero-order valence-corrected chi connectivity index (χ0v) is 10.1. The highest BCUT2D eigenvalue weighted by Gasteiger charge is 2.31. The predicted octanol–water partition coefficient (Wildman–Crippen LogP) is 1.57. The van der Waals surface area contributed by atoms with E-state index in [0.717, 1.165) is 0 Å². The summed E-state index contributed by atoms with van der Waals surface area (Å²) in [6, 6.07) is 6.71. The summed E-state index contributed by atoms with van der Waals surface area (Å²) in [4.78, 5) is 11.1. The zero-order chi connectivity index (χ0) is 12.4. The molecule has 17 heavy (non-hydrogen) atoms. The molecule has 0 aliphatic carbocycles. The Balaban J connectivity index is 2.31. The van der Waals surface area contributed by atoms with Crippen LogP contribution < -0.4 is 10.1 Å². The number of para-hydroxylation sites is 1. The summed E-state index contributed by atoms with van der Waals surface area (Å²) in [5, 5.41) is 12.9. The van der Waals surface area contributed by atoms with Gasteiger partial charge in [0, 0.05) is 18.9 Å². The zero-order valence-electron chi connectivity index (χ0n) is 9.39. The van der Waals surface area contributed by atoms with Gasteiger partial charge in [-0.3, -0.25) is 4.79 Å². The van der Waals surface area contributed by atoms with Gasteiger partial charge in [0.05, 0.1) is 6.04 Å². The Bertz CT molecular complexity index is 424. The standard InChI is InChI=1S/C12H14ClNO3/c1-7(15)14-9-6-11(13)17-10-5-3-2-4-8(10)12(9)16/h2-5,9,11-12,16H,6H2,1H3,(H,14,15). The van der Waals surface area contributed by atoms with E-state index < -0.39 is 17.7 Å². The number of benzene rings is 1. The molecule has 1 aromatic carbocycles. The van der Waals surface area contributed by atoms with E-state index in [2.05, 4.69) is 5.32 Å². The third-order valence-electron chi connectivity index (χ3n) is 2.70. The monoisotopic (exact) mass is 255 g/mol. The highest BCUT2D eigenvalue weighted by molar-refractivity contribution is 6.19. The van der Waals surface area contributed by atoms with Crippen molar-refractivity contribution in [2.24, 2.45) is 0 Å². The largest absolute Gasteiger partial charge is 0.474 e. The van der Waals surface area contributed by atoms with E-state index in [1.165, 1.54) is 6.92 Å². The van der Waals surface area contributed by atoms with Gasteiger partial charge in [-0.2, -0.15) is 0 Å². The fourth-order valence-electron chi connectivity index (χ4n) is 1.96. The minimum absolute atomic E-state index is 0.197. The van der Waals surface area contributed by atoms with Crippen LogP contribution in [0, 0.1) is 0 Å². The molecule has 3 atom stereocenters. The molecule has 1 amide bonds. The molecule has 1 aliphatic rings. The summed E-state index contributed by atoms with van der Waals surface area (Å²) in [5.74, 6) is 0.366. The minimum Gasteiger partial charge on any atom is -0.474 e. The minimum atomic E-state index is -0.807. The smallest absolute Gasteiger partial charge is 0.217 e. The quantitative estimate of drug-likeness (QED) is 0.749. The topological polar surface area (TPSA) is 58.6 Å². The van der Waals surface area contributed by atoms with Gasteiger partial charge in [-0.15, -0.1) is 0 Å². The normalized spacial score (nSPS) is 27.6. The third-order valence-corrected chi connectivity index (χ3v) is 2.97. The molecule has 2 rings (SSSR count). The van der Waals surface area contributed by atoms with Gasteiger partial charge in [0.1, 0.15) is 11.9 Å². The Morgan fingerprint density at radius 3 is 2.94 bits per heavy atom. The summed E-state index contributed by atoms with van der Waals surface area (Å²) in [5.41, 5.74) is 0.0829. The van der Waals surface area contributed by atoms with Crippen molar-refractivity contribution in [1.82, 2.24) is 5.32 Å². The molecule has 0 fully saturated rings. The van der Waals surface area contributed by atoms with Crippen LogP contribution in [-0.2, 0) is 4.79 Å². The molecule has 0 radical (unpaired) electrons. The second-order valence-corrected chi connectivity index (χ2v) is 4.54. The van der Waals surface area contributed by atoms with Crippen LogP contribution in [-0.4, -0.2) is 22.6 Å². The van der Waals surface area contributed by atoms with E-state index in [-0.39, 0.29) is 5.91 Å². The first-order valence-corrected chi connectivity index (χ1v) is 5.86. The summed E-state index contributed by atoms with van der Waals surface area (Å²) >= 11 is 6.01. The summed E-state index contributed by atoms with van der Waals surface area (Å²) in [6.07, 6.45) is -0.449. The molecule has 92 valence electrons. The van der Waals surface area contributed by atoms with E-state index >= 15 is 0 Å². The van der Waals surface area contributed by atoms with Crippen LogP contribution in [0.15, 0.2) is 24.3 Å². The van der Waals surface area contributed by atoms with Gasteiger partial charge in [0.25, 0.3) is 0 Å². The fraction of sp³-hybridized carbons (Fsp3) is 0.417. The maximum atomic E-state index is 11.1. The number of aliphatic hydroxyl groups is 1. The molecule has 0 spiro atoms. The Labute approximate surface area is 105 Å². The van der Waals surface area contributed by atoms with Crippen LogP contribution in [0.25, 0.3) is 0 Å². The molecule has 0 saturated heterocycles. The van der Waals surface area contributed by atoms with Gasteiger partial charge in [-0.25, -0.2) is 0 Å². The highest BCUT2D eigenvalue weighted by atomic mass is 35.5. The number of carbonyl (C=O) groups is 1. The number of fused-ring (bicyclic) bond motifs is 1. The number of aliphatic hydroxyl groups excluding tert-OH is 1. The molecule has 5 heteroatoms. The second kappa shape index (κ2) is 4.94. The average molecular weight is 256 g/mol. The van der Waals surface area contributed by atoms with Gasteiger partial charge in [-0.1, -0.05) is 29.8 Å². The molecule has 0 saturated carbocycles. The lowest BCUT2D eigenvalue weighted by molar-refractivity contribution is -0.120. The van der Waals surface area contributed by atoms with E-state index in [4.69, 9.17) is 16.3 Å². The number of ether oxygens (including phenoxy) is 1. The van der Waals surface area contributed by atoms with Crippen LogP contribution in [0.2, 0.25) is 0 Å². The number of carbonyl (C=O) groups excluding carboxylic acids is 1. The van der Waals surface area contributed by atoms with Gasteiger partial charge in [-0.05, 0) is 6.07 Å². The molecule has 4 nitrogen and oxygen atoms in total. The van der Waals surface area contributed by atoms with Gasteiger partial charge in [0.15, 0.2) is 5.56 Å². The van der Waals surface area contributed by atoms with Crippen LogP contribution in [0.1, 0.15) is 25.0 Å². The number of nitrogens with one attached hydrogen (secondary N) is 1. The predicted molar refractivity (Wildman–Crippen MR) is 63.9 cm³/mol. The average Bonchev–Trinajstić information content (AvgIpc) is 2.37. The Morgan fingerprint density at radius 1 is 1.53 bits per heavy atom. The Hall–Kier alpha value is -1.26. The lowest BCUT2D eigenvalue weighted by atomic mass is 10.0. The first-order chi connectivity index (χ1) is 8.08. The molecule has 1 aromatic rings.